The summed E-state index contributed by atoms with van der Waals surface area (Å²) in [4.78, 5) is 25.9. The Kier molecular flexibility index (Phi) is 8.44. The molecule has 5 rings (SSSR count). The van der Waals surface area contributed by atoms with Gasteiger partial charge in [0.15, 0.2) is 11.0 Å². The number of hydrazone groups is 1. The van der Waals surface area contributed by atoms with Crippen molar-refractivity contribution in [3.05, 3.63) is 107 Å². The second-order valence-corrected chi connectivity index (χ2v) is 10.5. The van der Waals surface area contributed by atoms with Gasteiger partial charge in [-0.15, -0.1) is 10.2 Å². The van der Waals surface area contributed by atoms with Crippen molar-refractivity contribution in [2.75, 3.05) is 12.9 Å². The molecular weight excluding hydrogens is 543 g/mol. The molecule has 1 N–H and O–H groups in total. The predicted molar refractivity (Wildman–Crippen MR) is 154 cm³/mol. The van der Waals surface area contributed by atoms with Crippen LogP contribution in [-0.4, -0.2) is 50.2 Å². The van der Waals surface area contributed by atoms with Crippen LogP contribution in [0.2, 0.25) is 0 Å². The maximum atomic E-state index is 13.9. The second kappa shape index (κ2) is 12.3. The van der Waals surface area contributed by atoms with Crippen molar-refractivity contribution >= 4 is 29.3 Å². The lowest BCUT2D eigenvalue weighted by atomic mass is 9.97. The molecule has 1 atom stereocenters. The van der Waals surface area contributed by atoms with Crippen molar-refractivity contribution in [2.45, 2.75) is 31.1 Å². The van der Waals surface area contributed by atoms with E-state index in [1.165, 1.54) is 30.0 Å². The van der Waals surface area contributed by atoms with Crippen LogP contribution in [0.1, 0.15) is 45.3 Å². The van der Waals surface area contributed by atoms with Crippen molar-refractivity contribution in [1.29, 1.82) is 0 Å². The van der Waals surface area contributed by atoms with Crippen molar-refractivity contribution in [3.8, 4) is 5.75 Å². The van der Waals surface area contributed by atoms with Crippen LogP contribution < -0.4 is 10.1 Å². The van der Waals surface area contributed by atoms with Gasteiger partial charge in [0.25, 0.3) is 11.8 Å². The number of thioether (sulfide) groups is 1. The van der Waals surface area contributed by atoms with Gasteiger partial charge in [-0.25, -0.2) is 9.40 Å². The van der Waals surface area contributed by atoms with E-state index in [1.54, 1.807) is 29.8 Å². The Labute approximate surface area is 241 Å². The summed E-state index contributed by atoms with van der Waals surface area (Å²) in [5.41, 5.74) is 3.86. The molecule has 4 aromatic rings. The molecule has 2 amide bonds. The number of nitrogens with zero attached hydrogens (tertiary/aromatic N) is 5. The SMILES string of the molecule is COc1ccc(C2=NN(C(=O)CSc3nnc(CNC(=O)c4ccccc4F)n3C)C(c3ccc(C)cc3)C2)cc1. The average Bonchev–Trinajstić information content (AvgIpc) is 3.59. The maximum absolute atomic E-state index is 13.9. The maximum Gasteiger partial charge on any atom is 0.254 e. The molecule has 9 nitrogen and oxygen atoms in total. The molecule has 1 aliphatic rings. The van der Waals surface area contributed by atoms with E-state index < -0.39 is 11.7 Å². The molecule has 0 saturated carbocycles. The van der Waals surface area contributed by atoms with Gasteiger partial charge in [0.2, 0.25) is 0 Å². The van der Waals surface area contributed by atoms with Gasteiger partial charge in [-0.3, -0.25) is 9.59 Å². The lowest BCUT2D eigenvalue weighted by Crippen LogP contribution is -2.28. The number of hydrogen-bond donors (Lipinski definition) is 1. The van der Waals surface area contributed by atoms with Gasteiger partial charge >= 0.3 is 0 Å². The van der Waals surface area contributed by atoms with Crippen molar-refractivity contribution in [2.24, 2.45) is 12.1 Å². The first kappa shape index (κ1) is 28.0. The fourth-order valence-electron chi connectivity index (χ4n) is 4.46. The van der Waals surface area contributed by atoms with Gasteiger partial charge in [0.05, 0.1) is 36.7 Å². The number of aryl methyl sites for hydroxylation is 1. The van der Waals surface area contributed by atoms with Gasteiger partial charge in [0, 0.05) is 13.5 Å². The number of carbonyl (C=O) groups excluding carboxylic acids is 2. The summed E-state index contributed by atoms with van der Waals surface area (Å²) in [6, 6.07) is 21.3. The fourth-order valence-corrected chi connectivity index (χ4v) is 5.25. The molecule has 0 saturated heterocycles. The van der Waals surface area contributed by atoms with Gasteiger partial charge in [-0.05, 0) is 54.4 Å². The van der Waals surface area contributed by atoms with Crippen molar-refractivity contribution < 1.29 is 18.7 Å². The normalized spacial score (nSPS) is 14.6. The number of benzene rings is 3. The van der Waals surface area contributed by atoms with E-state index in [-0.39, 0.29) is 29.8 Å². The molecule has 11 heteroatoms. The van der Waals surface area contributed by atoms with E-state index in [9.17, 15) is 14.0 Å². The standard InChI is InChI=1S/C30H29FN6O3S/c1-19-8-10-21(11-9-19)26-16-25(20-12-14-22(40-3)15-13-20)35-37(26)28(38)18-41-30-34-33-27(36(30)2)17-32-29(39)23-6-4-5-7-24(23)31/h4-15,26H,16-18H2,1-3H3,(H,32,39). The largest absolute Gasteiger partial charge is 0.497 e. The highest BCUT2D eigenvalue weighted by atomic mass is 32.2. The van der Waals surface area contributed by atoms with E-state index >= 15 is 0 Å². The third-order valence-corrected chi connectivity index (χ3v) is 7.83. The van der Waals surface area contributed by atoms with Crippen LogP contribution in [0, 0.1) is 12.7 Å². The summed E-state index contributed by atoms with van der Waals surface area (Å²) < 4.78 is 20.9. The zero-order valence-electron chi connectivity index (χ0n) is 22.9. The van der Waals surface area contributed by atoms with Crippen LogP contribution in [-0.2, 0) is 18.4 Å². The predicted octanol–water partition coefficient (Wildman–Crippen LogP) is 4.67. The molecular formula is C30H29FN6O3S. The summed E-state index contributed by atoms with van der Waals surface area (Å²) in [6.07, 6.45) is 0.585. The first-order chi connectivity index (χ1) is 19.8. The molecule has 210 valence electrons. The summed E-state index contributed by atoms with van der Waals surface area (Å²) in [5, 5.41) is 17.8. The fraction of sp³-hybridized carbons (Fsp3) is 0.233. The zero-order chi connectivity index (χ0) is 28.9. The highest BCUT2D eigenvalue weighted by Gasteiger charge is 2.33. The average molecular weight is 573 g/mol. The highest BCUT2D eigenvalue weighted by molar-refractivity contribution is 7.99. The zero-order valence-corrected chi connectivity index (χ0v) is 23.7. The Morgan fingerprint density at radius 3 is 2.49 bits per heavy atom. The summed E-state index contributed by atoms with van der Waals surface area (Å²) in [7, 11) is 3.37. The summed E-state index contributed by atoms with van der Waals surface area (Å²) in [5.74, 6) is 0.0137. The van der Waals surface area contributed by atoms with Crippen LogP contribution in [0.15, 0.2) is 83.1 Å². The Morgan fingerprint density at radius 1 is 1.05 bits per heavy atom. The molecule has 41 heavy (non-hydrogen) atoms. The number of hydrogen-bond acceptors (Lipinski definition) is 7. The molecule has 0 aliphatic carbocycles. The molecule has 0 fully saturated rings. The number of rotatable bonds is 9. The first-order valence-corrected chi connectivity index (χ1v) is 14.0. The molecule has 2 heterocycles. The summed E-state index contributed by atoms with van der Waals surface area (Å²) >= 11 is 1.24. The monoisotopic (exact) mass is 572 g/mol. The van der Waals surface area contributed by atoms with Gasteiger partial charge in [-0.2, -0.15) is 5.10 Å². The van der Waals surface area contributed by atoms with E-state index in [0.29, 0.717) is 17.4 Å². The van der Waals surface area contributed by atoms with E-state index in [4.69, 9.17) is 9.84 Å². The van der Waals surface area contributed by atoms with Gasteiger partial charge in [-0.1, -0.05) is 53.7 Å². The number of halogens is 1. The second-order valence-electron chi connectivity index (χ2n) is 9.55. The Morgan fingerprint density at radius 2 is 1.78 bits per heavy atom. The van der Waals surface area contributed by atoms with Gasteiger partial charge < -0.3 is 14.6 Å². The molecule has 1 aliphatic heterocycles. The van der Waals surface area contributed by atoms with Crippen LogP contribution in [0.25, 0.3) is 0 Å². The lowest BCUT2D eigenvalue weighted by molar-refractivity contribution is -0.130. The number of methoxy groups -OCH3 is 1. The first-order valence-electron chi connectivity index (χ1n) is 13.0. The molecule has 3 aromatic carbocycles. The highest BCUT2D eigenvalue weighted by Crippen LogP contribution is 2.34. The van der Waals surface area contributed by atoms with Crippen LogP contribution >= 0.6 is 11.8 Å². The minimum atomic E-state index is -0.596. The quantitative estimate of drug-likeness (QED) is 0.293. The van der Waals surface area contributed by atoms with Crippen LogP contribution in [0.4, 0.5) is 4.39 Å². The lowest BCUT2D eigenvalue weighted by Gasteiger charge is -2.22. The minimum Gasteiger partial charge on any atom is -0.497 e. The van der Waals surface area contributed by atoms with E-state index in [1.807, 2.05) is 55.5 Å². The number of nitrogens with one attached hydrogen (secondary N) is 1. The minimum absolute atomic E-state index is 0.0434. The van der Waals surface area contributed by atoms with E-state index in [2.05, 4.69) is 15.5 Å². The number of aromatic nitrogens is 3. The van der Waals surface area contributed by atoms with Crippen LogP contribution in [0.5, 0.6) is 5.75 Å². The Hall–Kier alpha value is -4.51. The Bertz CT molecular complexity index is 1590. The number of amides is 2. The molecule has 1 unspecified atom stereocenters. The third-order valence-electron chi connectivity index (χ3n) is 6.83. The van der Waals surface area contributed by atoms with Crippen LogP contribution in [0.3, 0.4) is 0 Å². The molecule has 1 aromatic heterocycles. The van der Waals surface area contributed by atoms with E-state index in [0.717, 1.165) is 28.2 Å². The molecule has 0 radical (unpaired) electrons. The van der Waals surface area contributed by atoms with Crippen molar-refractivity contribution in [1.82, 2.24) is 25.1 Å². The smallest absolute Gasteiger partial charge is 0.254 e. The topological polar surface area (TPSA) is 102 Å². The number of carbonyl (C=O) groups is 2. The molecule has 0 spiro atoms. The Balaban J connectivity index is 1.27. The van der Waals surface area contributed by atoms with Gasteiger partial charge in [0.1, 0.15) is 11.6 Å². The van der Waals surface area contributed by atoms with Crippen molar-refractivity contribution in [3.63, 3.8) is 0 Å². The molecule has 0 bridgehead atoms. The third kappa shape index (κ3) is 6.30. The number of ether oxygens (including phenoxy) is 1. The summed E-state index contributed by atoms with van der Waals surface area (Å²) in [6.45, 7) is 2.08.